The normalized spacial score (nSPS) is 19.2. The zero-order valence-electron chi connectivity index (χ0n) is 11.6. The van der Waals surface area contributed by atoms with Gasteiger partial charge in [0.2, 0.25) is 0 Å². The Morgan fingerprint density at radius 3 is 2.56 bits per heavy atom. The molecule has 4 heteroatoms. The predicted molar refractivity (Wildman–Crippen MR) is 70.7 cm³/mol. The highest BCUT2D eigenvalue weighted by molar-refractivity contribution is 5.28. The Bertz CT molecular complexity index is 381. The molecule has 1 aliphatic carbocycles. The van der Waals surface area contributed by atoms with E-state index in [1.165, 1.54) is 19.3 Å². The van der Waals surface area contributed by atoms with Gasteiger partial charge in [0.1, 0.15) is 11.8 Å². The lowest BCUT2D eigenvalue weighted by atomic mass is 9.84. The molecule has 1 N–H and O–H groups in total. The third kappa shape index (κ3) is 2.53. The molecule has 0 aromatic carbocycles. The van der Waals surface area contributed by atoms with Crippen LogP contribution in [0.15, 0.2) is 6.20 Å². The molecule has 1 atom stereocenters. The molecule has 1 unspecified atom stereocenters. The number of nitrogens with zero attached hydrogens (tertiary/aromatic N) is 2. The van der Waals surface area contributed by atoms with Gasteiger partial charge in [0.25, 0.3) is 0 Å². The molecule has 0 saturated heterocycles. The van der Waals surface area contributed by atoms with Gasteiger partial charge in [-0.2, -0.15) is 5.10 Å². The molecule has 1 saturated carbocycles. The van der Waals surface area contributed by atoms with Crippen molar-refractivity contribution in [3.63, 3.8) is 0 Å². The summed E-state index contributed by atoms with van der Waals surface area (Å²) in [6.07, 6.45) is 7.21. The highest BCUT2D eigenvalue weighted by Crippen LogP contribution is 2.38. The van der Waals surface area contributed by atoms with E-state index in [1.807, 2.05) is 4.68 Å². The van der Waals surface area contributed by atoms with Crippen LogP contribution in [-0.2, 0) is 0 Å². The molecule has 0 amide bonds. The van der Waals surface area contributed by atoms with Crippen LogP contribution in [0.2, 0.25) is 0 Å². The van der Waals surface area contributed by atoms with Gasteiger partial charge in [-0.05, 0) is 32.6 Å². The highest BCUT2D eigenvalue weighted by atomic mass is 16.5. The molecular formula is C14H24N2O2. The van der Waals surface area contributed by atoms with Crippen molar-refractivity contribution in [2.45, 2.75) is 58.1 Å². The molecule has 18 heavy (non-hydrogen) atoms. The van der Waals surface area contributed by atoms with Crippen molar-refractivity contribution in [2.24, 2.45) is 5.92 Å². The molecule has 1 aromatic heterocycles. The number of aliphatic hydroxyl groups is 1. The molecule has 1 aliphatic rings. The van der Waals surface area contributed by atoms with Crippen LogP contribution in [-0.4, -0.2) is 22.0 Å². The third-order valence-corrected chi connectivity index (χ3v) is 3.88. The maximum Gasteiger partial charge on any atom is 0.162 e. The summed E-state index contributed by atoms with van der Waals surface area (Å²) in [5, 5.41) is 15.0. The molecule has 0 aliphatic heterocycles. The molecule has 0 bridgehead atoms. The molecule has 4 nitrogen and oxygen atoms in total. The Balaban J connectivity index is 2.26. The first-order valence-corrected chi connectivity index (χ1v) is 6.94. The monoisotopic (exact) mass is 252 g/mol. The second-order valence-electron chi connectivity index (χ2n) is 5.48. The number of rotatable bonds is 4. The first-order chi connectivity index (χ1) is 8.65. The fourth-order valence-corrected chi connectivity index (χ4v) is 2.88. The van der Waals surface area contributed by atoms with E-state index in [2.05, 4.69) is 18.9 Å². The van der Waals surface area contributed by atoms with Gasteiger partial charge in [0.15, 0.2) is 5.75 Å². The fraction of sp³-hybridized carbons (Fsp3) is 0.786. The van der Waals surface area contributed by atoms with Gasteiger partial charge in [0.05, 0.1) is 13.3 Å². The van der Waals surface area contributed by atoms with E-state index in [4.69, 9.17) is 4.74 Å². The Hall–Kier alpha value is -1.03. The van der Waals surface area contributed by atoms with Gasteiger partial charge >= 0.3 is 0 Å². The largest absolute Gasteiger partial charge is 0.493 e. The smallest absolute Gasteiger partial charge is 0.162 e. The van der Waals surface area contributed by atoms with Crippen molar-refractivity contribution >= 4 is 0 Å². The highest BCUT2D eigenvalue weighted by Gasteiger charge is 2.29. The van der Waals surface area contributed by atoms with Gasteiger partial charge in [-0.25, -0.2) is 0 Å². The minimum absolute atomic E-state index is 0.238. The summed E-state index contributed by atoms with van der Waals surface area (Å²) in [4.78, 5) is 0. The molecule has 2 rings (SSSR count). The first-order valence-electron chi connectivity index (χ1n) is 6.94. The summed E-state index contributed by atoms with van der Waals surface area (Å²) < 4.78 is 7.23. The van der Waals surface area contributed by atoms with E-state index >= 15 is 0 Å². The second kappa shape index (κ2) is 5.74. The number of aromatic nitrogens is 2. The van der Waals surface area contributed by atoms with Gasteiger partial charge in [-0.3, -0.25) is 4.68 Å². The number of hydrogen-bond acceptors (Lipinski definition) is 3. The van der Waals surface area contributed by atoms with Crippen molar-refractivity contribution in [1.29, 1.82) is 0 Å². The van der Waals surface area contributed by atoms with E-state index < -0.39 is 6.10 Å². The summed E-state index contributed by atoms with van der Waals surface area (Å²) in [5.74, 6) is 1.06. The molecule has 1 fully saturated rings. The van der Waals surface area contributed by atoms with Crippen molar-refractivity contribution in [2.75, 3.05) is 7.11 Å². The van der Waals surface area contributed by atoms with Crippen molar-refractivity contribution < 1.29 is 9.84 Å². The molecule has 0 spiro atoms. The average molecular weight is 252 g/mol. The van der Waals surface area contributed by atoms with E-state index in [-0.39, 0.29) is 6.04 Å². The lowest BCUT2D eigenvalue weighted by molar-refractivity contribution is 0.0732. The SMILES string of the molecule is COc1cnn(C(C)C)c1C(O)C1CCCCC1. The van der Waals surface area contributed by atoms with E-state index in [1.54, 1.807) is 13.3 Å². The van der Waals surface area contributed by atoms with Crippen LogP contribution in [0, 0.1) is 5.92 Å². The van der Waals surface area contributed by atoms with Crippen LogP contribution in [0.4, 0.5) is 0 Å². The summed E-state index contributed by atoms with van der Waals surface area (Å²) in [6.45, 7) is 4.15. The summed E-state index contributed by atoms with van der Waals surface area (Å²) >= 11 is 0. The van der Waals surface area contributed by atoms with Gasteiger partial charge < -0.3 is 9.84 Å². The lowest BCUT2D eigenvalue weighted by Gasteiger charge is -2.28. The Morgan fingerprint density at radius 2 is 2.00 bits per heavy atom. The summed E-state index contributed by atoms with van der Waals surface area (Å²) in [5.41, 5.74) is 0.847. The van der Waals surface area contributed by atoms with Crippen LogP contribution < -0.4 is 4.74 Å². The zero-order chi connectivity index (χ0) is 13.1. The molecule has 102 valence electrons. The van der Waals surface area contributed by atoms with Crippen LogP contribution in [0.1, 0.15) is 63.8 Å². The first kappa shape index (κ1) is 13.4. The predicted octanol–water partition coefficient (Wildman–Crippen LogP) is 3.09. The Labute approximate surface area is 109 Å². The van der Waals surface area contributed by atoms with Gasteiger partial charge in [-0.15, -0.1) is 0 Å². The van der Waals surface area contributed by atoms with E-state index in [0.717, 1.165) is 18.5 Å². The topological polar surface area (TPSA) is 47.3 Å². The molecular weight excluding hydrogens is 228 g/mol. The second-order valence-corrected chi connectivity index (χ2v) is 5.48. The zero-order valence-corrected chi connectivity index (χ0v) is 11.6. The molecule has 1 aromatic rings. The van der Waals surface area contributed by atoms with E-state index in [0.29, 0.717) is 11.7 Å². The van der Waals surface area contributed by atoms with E-state index in [9.17, 15) is 5.11 Å². The van der Waals surface area contributed by atoms with Gasteiger partial charge in [-0.1, -0.05) is 19.3 Å². The maximum absolute atomic E-state index is 10.6. The number of ether oxygens (including phenoxy) is 1. The summed E-state index contributed by atoms with van der Waals surface area (Å²) in [7, 11) is 1.64. The van der Waals surface area contributed by atoms with Crippen molar-refractivity contribution in [3.05, 3.63) is 11.9 Å². The molecule has 1 heterocycles. The van der Waals surface area contributed by atoms with Crippen LogP contribution in [0.25, 0.3) is 0 Å². The maximum atomic E-state index is 10.6. The minimum Gasteiger partial charge on any atom is -0.493 e. The fourth-order valence-electron chi connectivity index (χ4n) is 2.88. The summed E-state index contributed by atoms with van der Waals surface area (Å²) in [6, 6.07) is 0.238. The third-order valence-electron chi connectivity index (χ3n) is 3.88. The quantitative estimate of drug-likeness (QED) is 0.895. The Morgan fingerprint density at radius 1 is 1.33 bits per heavy atom. The number of hydrogen-bond donors (Lipinski definition) is 1. The standard InChI is InChI=1S/C14H24N2O2/c1-10(2)16-13(12(18-3)9-15-16)14(17)11-7-5-4-6-8-11/h9-11,14,17H,4-8H2,1-3H3. The van der Waals surface area contributed by atoms with Gasteiger partial charge in [0, 0.05) is 6.04 Å². The number of aliphatic hydroxyl groups excluding tert-OH is 1. The Kier molecular flexibility index (Phi) is 4.27. The van der Waals surface area contributed by atoms with Crippen LogP contribution in [0.3, 0.4) is 0 Å². The van der Waals surface area contributed by atoms with Crippen molar-refractivity contribution in [3.8, 4) is 5.75 Å². The molecule has 0 radical (unpaired) electrons. The average Bonchev–Trinajstić information content (AvgIpc) is 2.82. The van der Waals surface area contributed by atoms with Crippen LogP contribution in [0.5, 0.6) is 5.75 Å². The van der Waals surface area contributed by atoms with Crippen LogP contribution >= 0.6 is 0 Å². The minimum atomic E-state index is -0.454. The number of methoxy groups -OCH3 is 1. The lowest BCUT2D eigenvalue weighted by Crippen LogP contribution is -2.20. The van der Waals surface area contributed by atoms with Crippen molar-refractivity contribution in [1.82, 2.24) is 9.78 Å².